The third-order valence-corrected chi connectivity index (χ3v) is 3.37. The smallest absolute Gasteiger partial charge is 0.335 e. The number of primary sulfonamides is 1. The topological polar surface area (TPSA) is 139 Å². The summed E-state index contributed by atoms with van der Waals surface area (Å²) in [7, 11) is -3.56. The molecule has 1 aromatic carbocycles. The largest absolute Gasteiger partial charge is 0.478 e. The minimum atomic E-state index is -3.56. The second-order valence-electron chi connectivity index (χ2n) is 4.14. The molecule has 0 atom stereocenters. The third-order valence-electron chi connectivity index (χ3n) is 2.29. The van der Waals surface area contributed by atoms with E-state index in [1.165, 1.54) is 18.2 Å². The molecule has 0 aliphatic heterocycles. The third kappa shape index (κ3) is 6.93. The monoisotopic (exact) mass is 335 g/mol. The highest BCUT2D eigenvalue weighted by Crippen LogP contribution is 2.19. The molecule has 5 N–H and O–H groups in total. The van der Waals surface area contributed by atoms with Gasteiger partial charge in [-0.05, 0) is 24.6 Å². The van der Waals surface area contributed by atoms with Gasteiger partial charge in [0.05, 0.1) is 11.3 Å². The van der Waals surface area contributed by atoms with Crippen LogP contribution in [0.25, 0.3) is 0 Å². The molecule has 0 bridgehead atoms. The lowest BCUT2D eigenvalue weighted by Gasteiger charge is -2.08. The number of hydrogen-bond donors (Lipinski definition) is 4. The number of carbonyl (C=O) groups excluding carboxylic acids is 1. The van der Waals surface area contributed by atoms with Gasteiger partial charge in [0.1, 0.15) is 0 Å². The number of nitrogens with one attached hydrogen (secondary N) is 2. The number of rotatable bonds is 6. The van der Waals surface area contributed by atoms with Crippen LogP contribution in [0.4, 0.5) is 10.5 Å². The maximum Gasteiger partial charge on any atom is 0.335 e. The quantitative estimate of drug-likeness (QED) is 0.570. The Morgan fingerprint density at radius 1 is 1.29 bits per heavy atom. The van der Waals surface area contributed by atoms with E-state index in [4.69, 9.17) is 21.8 Å². The molecule has 0 aliphatic carbocycles. The molecule has 2 amide bonds. The molecule has 0 heterocycles. The first kappa shape index (κ1) is 17.2. The Hall–Kier alpha value is -1.84. The molecular formula is C11H14ClN3O5S. The average molecular weight is 336 g/mol. The Bertz CT molecular complexity index is 647. The molecule has 0 radical (unpaired) electrons. The number of nitrogens with two attached hydrogens (primary N) is 1. The van der Waals surface area contributed by atoms with E-state index in [9.17, 15) is 18.0 Å². The first-order valence-corrected chi connectivity index (χ1v) is 7.86. The Morgan fingerprint density at radius 2 is 1.95 bits per heavy atom. The van der Waals surface area contributed by atoms with Gasteiger partial charge in [0.25, 0.3) is 0 Å². The summed E-state index contributed by atoms with van der Waals surface area (Å²) in [5, 5.41) is 18.6. The number of hydrogen-bond acceptors (Lipinski definition) is 4. The Labute approximate surface area is 126 Å². The van der Waals surface area contributed by atoms with Gasteiger partial charge < -0.3 is 15.7 Å². The number of benzene rings is 1. The van der Waals surface area contributed by atoms with Crippen molar-refractivity contribution in [2.75, 3.05) is 17.6 Å². The first-order chi connectivity index (χ1) is 9.67. The number of anilines is 1. The van der Waals surface area contributed by atoms with Crippen LogP contribution in [0, 0.1) is 0 Å². The highest BCUT2D eigenvalue weighted by atomic mass is 35.5. The maximum atomic E-state index is 11.5. The van der Waals surface area contributed by atoms with E-state index in [2.05, 4.69) is 10.6 Å². The number of carboxylic acids is 1. The van der Waals surface area contributed by atoms with Crippen LogP contribution in [0.15, 0.2) is 18.2 Å². The van der Waals surface area contributed by atoms with Gasteiger partial charge in [-0.25, -0.2) is 23.1 Å². The van der Waals surface area contributed by atoms with E-state index in [1.807, 2.05) is 0 Å². The van der Waals surface area contributed by atoms with E-state index in [0.717, 1.165) is 0 Å². The molecule has 0 spiro atoms. The SMILES string of the molecule is NS(=O)(=O)CCCNC(=O)Nc1cc(Cl)cc(C(=O)O)c1. The highest BCUT2D eigenvalue weighted by molar-refractivity contribution is 7.89. The van der Waals surface area contributed by atoms with Crippen molar-refractivity contribution >= 4 is 39.3 Å². The van der Waals surface area contributed by atoms with E-state index in [1.54, 1.807) is 0 Å². The molecule has 8 nitrogen and oxygen atoms in total. The van der Waals surface area contributed by atoms with Crippen molar-refractivity contribution in [1.82, 2.24) is 5.32 Å². The van der Waals surface area contributed by atoms with Gasteiger partial charge in [-0.15, -0.1) is 0 Å². The van der Waals surface area contributed by atoms with Gasteiger partial charge in [-0.3, -0.25) is 0 Å². The van der Waals surface area contributed by atoms with E-state index in [0.29, 0.717) is 0 Å². The summed E-state index contributed by atoms with van der Waals surface area (Å²) in [4.78, 5) is 22.4. The summed E-state index contributed by atoms with van der Waals surface area (Å²) in [5.74, 6) is -1.41. The normalized spacial score (nSPS) is 11.0. The van der Waals surface area contributed by atoms with Gasteiger partial charge in [0.15, 0.2) is 0 Å². The van der Waals surface area contributed by atoms with Crippen LogP contribution in [0.2, 0.25) is 5.02 Å². The summed E-state index contributed by atoms with van der Waals surface area (Å²) < 4.78 is 21.4. The summed E-state index contributed by atoms with van der Waals surface area (Å²) in [6, 6.07) is 3.28. The Morgan fingerprint density at radius 3 is 2.52 bits per heavy atom. The van der Waals surface area contributed by atoms with E-state index >= 15 is 0 Å². The molecule has 0 aromatic heterocycles. The fourth-order valence-electron chi connectivity index (χ4n) is 1.44. The molecule has 21 heavy (non-hydrogen) atoms. The van der Waals surface area contributed by atoms with Crippen LogP contribution in [0.1, 0.15) is 16.8 Å². The Kier molecular flexibility index (Phi) is 5.94. The number of amides is 2. The van der Waals surface area contributed by atoms with Gasteiger partial charge in [0.2, 0.25) is 10.0 Å². The molecule has 1 aromatic rings. The summed E-state index contributed by atoms with van der Waals surface area (Å²) >= 11 is 5.74. The molecule has 0 fully saturated rings. The predicted octanol–water partition coefficient (Wildman–Crippen LogP) is 0.838. The lowest BCUT2D eigenvalue weighted by Crippen LogP contribution is -2.31. The zero-order chi connectivity index (χ0) is 16.0. The van der Waals surface area contributed by atoms with Crippen LogP contribution in [-0.4, -0.2) is 37.8 Å². The summed E-state index contributed by atoms with van der Waals surface area (Å²) in [5.41, 5.74) is 0.149. The second-order valence-corrected chi connectivity index (χ2v) is 6.31. The number of carboxylic acid groups (broad SMARTS) is 1. The van der Waals surface area contributed by atoms with Crippen LogP contribution in [-0.2, 0) is 10.0 Å². The molecule has 10 heteroatoms. The van der Waals surface area contributed by atoms with Crippen molar-refractivity contribution in [1.29, 1.82) is 0 Å². The van der Waals surface area contributed by atoms with Gasteiger partial charge in [0, 0.05) is 17.3 Å². The van der Waals surface area contributed by atoms with Crippen LogP contribution in [0.3, 0.4) is 0 Å². The number of urea groups is 1. The second kappa shape index (κ2) is 7.25. The van der Waals surface area contributed by atoms with Crippen molar-refractivity contribution in [2.24, 2.45) is 5.14 Å². The van der Waals surface area contributed by atoms with Crippen molar-refractivity contribution in [2.45, 2.75) is 6.42 Å². The average Bonchev–Trinajstić information content (AvgIpc) is 2.32. The molecule has 0 saturated carbocycles. The van der Waals surface area contributed by atoms with E-state index in [-0.39, 0.29) is 35.0 Å². The van der Waals surface area contributed by atoms with Crippen molar-refractivity contribution in [3.8, 4) is 0 Å². The highest BCUT2D eigenvalue weighted by Gasteiger charge is 2.09. The standard InChI is InChI=1S/C11H14ClN3O5S/c12-8-4-7(10(16)17)5-9(6-8)15-11(18)14-2-1-3-21(13,19)20/h4-6H,1-3H2,(H,16,17)(H2,13,19,20)(H2,14,15,18). The van der Waals surface area contributed by atoms with Crippen LogP contribution in [0.5, 0.6) is 0 Å². The van der Waals surface area contributed by atoms with E-state index < -0.39 is 22.0 Å². The predicted molar refractivity (Wildman–Crippen MR) is 78.0 cm³/mol. The van der Waals surface area contributed by atoms with Crippen LogP contribution >= 0.6 is 11.6 Å². The molecular weight excluding hydrogens is 322 g/mol. The Balaban J connectivity index is 2.53. The van der Waals surface area contributed by atoms with Gasteiger partial charge >= 0.3 is 12.0 Å². The van der Waals surface area contributed by atoms with Crippen molar-refractivity contribution in [3.63, 3.8) is 0 Å². The molecule has 116 valence electrons. The lowest BCUT2D eigenvalue weighted by molar-refractivity contribution is 0.0697. The van der Waals surface area contributed by atoms with Gasteiger partial charge in [-0.2, -0.15) is 0 Å². The number of sulfonamides is 1. The number of halogens is 1. The zero-order valence-electron chi connectivity index (χ0n) is 10.8. The fourth-order valence-corrected chi connectivity index (χ4v) is 2.22. The molecule has 0 aliphatic rings. The number of carbonyl (C=O) groups is 2. The fraction of sp³-hybridized carbons (Fsp3) is 0.273. The van der Waals surface area contributed by atoms with Crippen LogP contribution < -0.4 is 15.8 Å². The van der Waals surface area contributed by atoms with Crippen molar-refractivity contribution < 1.29 is 23.1 Å². The number of aromatic carboxylic acids is 1. The zero-order valence-corrected chi connectivity index (χ0v) is 12.4. The maximum absolute atomic E-state index is 11.5. The minimum Gasteiger partial charge on any atom is -0.478 e. The summed E-state index contributed by atoms with van der Waals surface area (Å²) in [6.45, 7) is 0.106. The molecule has 0 unspecified atom stereocenters. The summed E-state index contributed by atoms with van der Waals surface area (Å²) in [6.07, 6.45) is 0.169. The lowest BCUT2D eigenvalue weighted by atomic mass is 10.2. The minimum absolute atomic E-state index is 0.0629. The van der Waals surface area contributed by atoms with Gasteiger partial charge in [-0.1, -0.05) is 11.6 Å². The molecule has 0 saturated heterocycles. The molecule has 1 rings (SSSR count). The van der Waals surface area contributed by atoms with Crippen molar-refractivity contribution in [3.05, 3.63) is 28.8 Å². The first-order valence-electron chi connectivity index (χ1n) is 5.76.